The predicted octanol–water partition coefficient (Wildman–Crippen LogP) is 2.24. The van der Waals surface area contributed by atoms with Crippen LogP contribution >= 0.6 is 24.0 Å². The number of nitrogens with zero attached hydrogens (tertiary/aromatic N) is 1. The molecule has 1 amide bonds. The summed E-state index contributed by atoms with van der Waals surface area (Å²) in [5, 5.41) is 6.36. The maximum Gasteiger partial charge on any atom is 0.284 e. The van der Waals surface area contributed by atoms with Crippen molar-refractivity contribution in [2.45, 2.75) is 39.2 Å². The Hall–Kier alpha value is -1.25. The van der Waals surface area contributed by atoms with E-state index in [1.807, 2.05) is 0 Å². The van der Waals surface area contributed by atoms with Gasteiger partial charge in [-0.1, -0.05) is 26.2 Å². The second-order valence-electron chi connectivity index (χ2n) is 4.54. The largest absolute Gasteiger partial charge is 0.454 e. The van der Waals surface area contributed by atoms with Gasteiger partial charge in [-0.3, -0.25) is 9.79 Å². The molecule has 0 aliphatic rings. The van der Waals surface area contributed by atoms with Gasteiger partial charge in [-0.15, -0.1) is 24.0 Å². The van der Waals surface area contributed by atoms with Crippen LogP contribution in [0.3, 0.4) is 0 Å². The zero-order valence-electron chi connectivity index (χ0n) is 12.6. The van der Waals surface area contributed by atoms with Gasteiger partial charge in [0.1, 0.15) is 5.76 Å². The molecule has 0 unspecified atom stereocenters. The summed E-state index contributed by atoms with van der Waals surface area (Å²) in [6.07, 6.45) is 4.84. The number of primary amides is 1. The van der Waals surface area contributed by atoms with Crippen LogP contribution in [0.15, 0.2) is 21.5 Å². The van der Waals surface area contributed by atoms with Crippen LogP contribution in [0.4, 0.5) is 0 Å². The highest BCUT2D eigenvalue weighted by Gasteiger charge is 2.07. The van der Waals surface area contributed by atoms with E-state index >= 15 is 0 Å². The topological polar surface area (TPSA) is 92.6 Å². The molecule has 6 nitrogen and oxygen atoms in total. The van der Waals surface area contributed by atoms with Gasteiger partial charge >= 0.3 is 0 Å². The van der Waals surface area contributed by atoms with Crippen LogP contribution in [0.25, 0.3) is 0 Å². The molecular formula is C14H25IN4O2. The Morgan fingerprint density at radius 2 is 2.05 bits per heavy atom. The number of furan rings is 1. The molecule has 1 heterocycles. The molecule has 21 heavy (non-hydrogen) atoms. The lowest BCUT2D eigenvalue weighted by molar-refractivity contribution is 0.0972. The first-order valence-corrected chi connectivity index (χ1v) is 7.00. The molecule has 0 saturated heterocycles. The van der Waals surface area contributed by atoms with E-state index in [0.29, 0.717) is 12.3 Å². The molecular weight excluding hydrogens is 383 g/mol. The van der Waals surface area contributed by atoms with Gasteiger partial charge < -0.3 is 20.8 Å². The molecule has 0 aliphatic heterocycles. The van der Waals surface area contributed by atoms with E-state index in [-0.39, 0.29) is 29.7 Å². The molecule has 4 N–H and O–H groups in total. The van der Waals surface area contributed by atoms with Crippen molar-refractivity contribution in [1.29, 1.82) is 0 Å². The SMILES string of the molecule is CCCCCCNC(=NC)NCc1ccc(C(N)=O)o1.I. The maximum atomic E-state index is 10.9. The number of amides is 1. The van der Waals surface area contributed by atoms with Crippen molar-refractivity contribution in [3.8, 4) is 0 Å². The first-order valence-electron chi connectivity index (χ1n) is 7.00. The minimum Gasteiger partial charge on any atom is -0.454 e. The van der Waals surface area contributed by atoms with Crippen LogP contribution in [0.5, 0.6) is 0 Å². The van der Waals surface area contributed by atoms with Gasteiger partial charge in [0.25, 0.3) is 5.91 Å². The molecule has 0 atom stereocenters. The average molecular weight is 408 g/mol. The quantitative estimate of drug-likeness (QED) is 0.266. The van der Waals surface area contributed by atoms with Gasteiger partial charge in [-0.2, -0.15) is 0 Å². The fraction of sp³-hybridized carbons (Fsp3) is 0.571. The van der Waals surface area contributed by atoms with Crippen molar-refractivity contribution in [2.24, 2.45) is 10.7 Å². The number of nitrogens with one attached hydrogen (secondary N) is 2. The van der Waals surface area contributed by atoms with Crippen LogP contribution in [-0.2, 0) is 6.54 Å². The fourth-order valence-corrected chi connectivity index (χ4v) is 1.76. The lowest BCUT2D eigenvalue weighted by Gasteiger charge is -2.10. The molecule has 0 bridgehead atoms. The lowest BCUT2D eigenvalue weighted by Crippen LogP contribution is -2.37. The Labute approximate surface area is 143 Å². The number of rotatable bonds is 8. The molecule has 120 valence electrons. The first kappa shape index (κ1) is 19.8. The minimum atomic E-state index is -0.560. The van der Waals surface area contributed by atoms with E-state index < -0.39 is 5.91 Å². The van der Waals surface area contributed by atoms with Crippen molar-refractivity contribution in [2.75, 3.05) is 13.6 Å². The van der Waals surface area contributed by atoms with E-state index in [4.69, 9.17) is 10.2 Å². The zero-order chi connectivity index (χ0) is 14.8. The molecule has 1 aromatic rings. The summed E-state index contributed by atoms with van der Waals surface area (Å²) >= 11 is 0. The van der Waals surface area contributed by atoms with E-state index in [1.54, 1.807) is 19.2 Å². The van der Waals surface area contributed by atoms with E-state index in [2.05, 4.69) is 22.5 Å². The number of aliphatic imine (C=N–C) groups is 1. The second kappa shape index (κ2) is 11.4. The number of halogens is 1. The summed E-state index contributed by atoms with van der Waals surface area (Å²) in [4.78, 5) is 15.0. The number of carbonyl (C=O) groups is 1. The third-order valence-electron chi connectivity index (χ3n) is 2.88. The highest BCUT2D eigenvalue weighted by molar-refractivity contribution is 14.0. The summed E-state index contributed by atoms with van der Waals surface area (Å²) in [7, 11) is 1.72. The summed E-state index contributed by atoms with van der Waals surface area (Å²) in [5.41, 5.74) is 5.13. The lowest BCUT2D eigenvalue weighted by atomic mass is 10.2. The molecule has 0 radical (unpaired) electrons. The Morgan fingerprint density at radius 1 is 1.29 bits per heavy atom. The van der Waals surface area contributed by atoms with Crippen LogP contribution in [-0.4, -0.2) is 25.5 Å². The Morgan fingerprint density at radius 3 is 2.62 bits per heavy atom. The van der Waals surface area contributed by atoms with Crippen LogP contribution < -0.4 is 16.4 Å². The Bertz CT molecular complexity index is 446. The standard InChI is InChI=1S/C14H24N4O2.HI/c1-3-4-5-6-9-17-14(16-2)18-10-11-7-8-12(20-11)13(15)19;/h7-8H,3-6,9-10H2,1-2H3,(H2,15,19)(H2,16,17,18);1H. The molecule has 0 saturated carbocycles. The molecule has 1 aromatic heterocycles. The third kappa shape index (κ3) is 7.93. The van der Waals surface area contributed by atoms with Crippen LogP contribution in [0.2, 0.25) is 0 Å². The maximum absolute atomic E-state index is 10.9. The molecule has 0 aliphatic carbocycles. The van der Waals surface area contributed by atoms with Gasteiger partial charge in [0, 0.05) is 13.6 Å². The van der Waals surface area contributed by atoms with Crippen molar-refractivity contribution in [1.82, 2.24) is 10.6 Å². The molecule has 7 heteroatoms. The second-order valence-corrected chi connectivity index (χ2v) is 4.54. The molecule has 1 rings (SSSR count). The minimum absolute atomic E-state index is 0. The number of hydrogen-bond donors (Lipinski definition) is 3. The van der Waals surface area contributed by atoms with Gasteiger partial charge in [-0.05, 0) is 18.6 Å². The fourth-order valence-electron chi connectivity index (χ4n) is 1.76. The summed E-state index contributed by atoms with van der Waals surface area (Å²) < 4.78 is 5.28. The summed E-state index contributed by atoms with van der Waals surface area (Å²) in [6, 6.07) is 3.29. The Balaban J connectivity index is 0.00000400. The third-order valence-corrected chi connectivity index (χ3v) is 2.88. The van der Waals surface area contributed by atoms with Crippen molar-refractivity contribution in [3.63, 3.8) is 0 Å². The number of carbonyl (C=O) groups excluding carboxylic acids is 1. The van der Waals surface area contributed by atoms with Gasteiger partial charge in [-0.25, -0.2) is 0 Å². The first-order chi connectivity index (χ1) is 9.67. The summed E-state index contributed by atoms with van der Waals surface area (Å²) in [5.74, 6) is 0.977. The van der Waals surface area contributed by atoms with Crippen LogP contribution in [0.1, 0.15) is 48.9 Å². The van der Waals surface area contributed by atoms with E-state index in [0.717, 1.165) is 18.9 Å². The number of unbranched alkanes of at least 4 members (excludes halogenated alkanes) is 3. The molecule has 0 fully saturated rings. The Kier molecular flexibility index (Phi) is 10.7. The average Bonchev–Trinajstić information content (AvgIpc) is 2.91. The van der Waals surface area contributed by atoms with Crippen molar-refractivity contribution in [3.05, 3.63) is 23.7 Å². The van der Waals surface area contributed by atoms with Gasteiger partial charge in [0.2, 0.25) is 0 Å². The summed E-state index contributed by atoms with van der Waals surface area (Å²) in [6.45, 7) is 3.55. The van der Waals surface area contributed by atoms with E-state index in [9.17, 15) is 4.79 Å². The molecule has 0 spiro atoms. The highest BCUT2D eigenvalue weighted by atomic mass is 127. The van der Waals surface area contributed by atoms with Gasteiger partial charge in [0.15, 0.2) is 11.7 Å². The number of nitrogens with two attached hydrogens (primary N) is 1. The van der Waals surface area contributed by atoms with E-state index in [1.165, 1.54) is 19.3 Å². The van der Waals surface area contributed by atoms with Gasteiger partial charge in [0.05, 0.1) is 6.54 Å². The van der Waals surface area contributed by atoms with Crippen molar-refractivity contribution < 1.29 is 9.21 Å². The highest BCUT2D eigenvalue weighted by Crippen LogP contribution is 2.06. The predicted molar refractivity (Wildman–Crippen MR) is 95.0 cm³/mol. The monoisotopic (exact) mass is 408 g/mol. The molecule has 0 aromatic carbocycles. The van der Waals surface area contributed by atoms with Crippen molar-refractivity contribution >= 4 is 35.8 Å². The number of guanidine groups is 1. The zero-order valence-corrected chi connectivity index (χ0v) is 15.0. The smallest absolute Gasteiger partial charge is 0.284 e. The normalized spacial score (nSPS) is 10.9. The number of hydrogen-bond acceptors (Lipinski definition) is 3. The van der Waals surface area contributed by atoms with Crippen LogP contribution in [0, 0.1) is 0 Å².